The molecular formula is C26H36N4O3. The topological polar surface area (TPSA) is 104 Å². The van der Waals surface area contributed by atoms with Crippen LogP contribution in [0.15, 0.2) is 36.8 Å². The molecule has 178 valence electrons. The lowest BCUT2D eigenvalue weighted by Gasteiger charge is -2.25. The van der Waals surface area contributed by atoms with Gasteiger partial charge in [-0.2, -0.15) is 0 Å². The maximum absolute atomic E-state index is 12.7. The van der Waals surface area contributed by atoms with E-state index in [1.165, 1.54) is 0 Å². The van der Waals surface area contributed by atoms with Crippen molar-refractivity contribution in [2.45, 2.75) is 66.5 Å². The van der Waals surface area contributed by atoms with Crippen LogP contribution in [0.3, 0.4) is 0 Å². The van der Waals surface area contributed by atoms with E-state index in [4.69, 9.17) is 0 Å². The van der Waals surface area contributed by atoms with Crippen molar-refractivity contribution < 1.29 is 14.7 Å². The Balaban J connectivity index is 1.85. The summed E-state index contributed by atoms with van der Waals surface area (Å²) in [5.41, 5.74) is 1.97. The molecule has 1 aliphatic rings. The van der Waals surface area contributed by atoms with Crippen LogP contribution in [0.25, 0.3) is 11.1 Å². The molecule has 33 heavy (non-hydrogen) atoms. The molecule has 2 atom stereocenters. The highest BCUT2D eigenvalue weighted by Crippen LogP contribution is 2.42. The van der Waals surface area contributed by atoms with Crippen molar-refractivity contribution in [3.63, 3.8) is 0 Å². The number of rotatable bonds is 7. The van der Waals surface area contributed by atoms with Gasteiger partial charge in [-0.1, -0.05) is 47.6 Å². The van der Waals surface area contributed by atoms with Crippen LogP contribution in [0.5, 0.6) is 0 Å². The number of pyridine rings is 2. The van der Waals surface area contributed by atoms with Crippen molar-refractivity contribution in [1.82, 2.24) is 20.6 Å². The van der Waals surface area contributed by atoms with Crippen LogP contribution in [-0.2, 0) is 9.59 Å². The van der Waals surface area contributed by atoms with E-state index in [2.05, 4.69) is 20.6 Å². The summed E-state index contributed by atoms with van der Waals surface area (Å²) in [5, 5.41) is 16.8. The highest BCUT2D eigenvalue weighted by atomic mass is 16.3. The van der Waals surface area contributed by atoms with Gasteiger partial charge in [0.1, 0.15) is 6.10 Å². The standard InChI is InChI=1S/C26H36N4O3/c1-25(2,3)23(32)29-15-20(31)22-19(8-7-11-28-22)17-12-18(14-27-13-17)21(16-9-10-16)30-24(33)26(4,5)6/h7-8,11-14,16,20-21,31H,9-10,15H2,1-6H3,(H,29,32)(H,30,33). The number of aliphatic hydroxyl groups excluding tert-OH is 1. The van der Waals surface area contributed by atoms with Crippen molar-refractivity contribution in [1.29, 1.82) is 0 Å². The van der Waals surface area contributed by atoms with Gasteiger partial charge in [-0.25, -0.2) is 0 Å². The lowest BCUT2D eigenvalue weighted by Crippen LogP contribution is -2.38. The van der Waals surface area contributed by atoms with E-state index in [0.717, 1.165) is 29.5 Å². The number of carbonyl (C=O) groups is 2. The van der Waals surface area contributed by atoms with E-state index in [9.17, 15) is 14.7 Å². The summed E-state index contributed by atoms with van der Waals surface area (Å²) >= 11 is 0. The van der Waals surface area contributed by atoms with Crippen LogP contribution in [0.2, 0.25) is 0 Å². The van der Waals surface area contributed by atoms with Gasteiger partial charge in [0.15, 0.2) is 0 Å². The number of hydrogen-bond acceptors (Lipinski definition) is 5. The number of aliphatic hydroxyl groups is 1. The van der Waals surface area contributed by atoms with Crippen LogP contribution in [0, 0.1) is 16.7 Å². The van der Waals surface area contributed by atoms with Crippen molar-refractivity contribution in [3.05, 3.63) is 48.0 Å². The largest absolute Gasteiger partial charge is 0.385 e. The average Bonchev–Trinajstić information content (AvgIpc) is 3.59. The summed E-state index contributed by atoms with van der Waals surface area (Å²) < 4.78 is 0. The Morgan fingerprint density at radius 3 is 2.36 bits per heavy atom. The number of aromatic nitrogens is 2. The first kappa shape index (κ1) is 24.8. The fourth-order valence-corrected chi connectivity index (χ4v) is 3.51. The van der Waals surface area contributed by atoms with Crippen LogP contribution >= 0.6 is 0 Å². The Bertz CT molecular complexity index is 1000. The Kier molecular flexibility index (Phi) is 7.22. The van der Waals surface area contributed by atoms with Gasteiger partial charge in [-0.05, 0) is 36.5 Å². The first-order valence-electron chi connectivity index (χ1n) is 11.6. The minimum absolute atomic E-state index is 0.0110. The van der Waals surface area contributed by atoms with Crippen molar-refractivity contribution in [2.24, 2.45) is 16.7 Å². The summed E-state index contributed by atoms with van der Waals surface area (Å²) in [6, 6.07) is 5.61. The molecule has 0 radical (unpaired) electrons. The summed E-state index contributed by atoms with van der Waals surface area (Å²) in [4.78, 5) is 33.7. The first-order chi connectivity index (χ1) is 15.4. The van der Waals surface area contributed by atoms with E-state index in [1.807, 2.05) is 59.7 Å². The summed E-state index contributed by atoms with van der Waals surface area (Å²) in [7, 11) is 0. The van der Waals surface area contributed by atoms with Gasteiger partial charge in [0.05, 0.1) is 11.7 Å². The average molecular weight is 453 g/mol. The third-order valence-electron chi connectivity index (χ3n) is 5.78. The molecule has 7 heteroatoms. The molecule has 0 bridgehead atoms. The minimum Gasteiger partial charge on any atom is -0.385 e. The van der Waals surface area contributed by atoms with Crippen LogP contribution < -0.4 is 10.6 Å². The lowest BCUT2D eigenvalue weighted by atomic mass is 9.93. The fourth-order valence-electron chi connectivity index (χ4n) is 3.51. The van der Waals surface area contributed by atoms with Crippen molar-refractivity contribution in [2.75, 3.05) is 6.54 Å². The molecular weight excluding hydrogens is 416 g/mol. The van der Waals surface area contributed by atoms with Crippen molar-refractivity contribution in [3.8, 4) is 11.1 Å². The second-order valence-electron chi connectivity index (χ2n) is 11.0. The number of amides is 2. The van der Waals surface area contributed by atoms with Gasteiger partial charge in [0.2, 0.25) is 11.8 Å². The molecule has 1 fully saturated rings. The van der Waals surface area contributed by atoms with Gasteiger partial charge >= 0.3 is 0 Å². The smallest absolute Gasteiger partial charge is 0.225 e. The zero-order valence-corrected chi connectivity index (χ0v) is 20.5. The number of carbonyl (C=O) groups excluding carboxylic acids is 2. The monoisotopic (exact) mass is 452 g/mol. The lowest BCUT2D eigenvalue weighted by molar-refractivity contribution is -0.129. The summed E-state index contributed by atoms with van der Waals surface area (Å²) in [6.45, 7) is 11.3. The Morgan fingerprint density at radius 2 is 1.76 bits per heavy atom. The van der Waals surface area contributed by atoms with E-state index < -0.39 is 16.9 Å². The molecule has 2 unspecified atom stereocenters. The SMILES string of the molecule is CC(C)(C)C(=O)NCC(O)c1ncccc1-c1cncc(C(NC(=O)C(C)(C)C)C2CC2)c1. The number of nitrogens with one attached hydrogen (secondary N) is 2. The van der Waals surface area contributed by atoms with E-state index in [-0.39, 0.29) is 24.4 Å². The highest BCUT2D eigenvalue weighted by molar-refractivity contribution is 5.82. The Morgan fingerprint density at radius 1 is 1.09 bits per heavy atom. The third kappa shape index (κ3) is 6.38. The zero-order valence-electron chi connectivity index (χ0n) is 20.5. The normalized spacial score (nSPS) is 16.1. The zero-order chi connectivity index (χ0) is 24.4. The first-order valence-corrected chi connectivity index (χ1v) is 11.6. The molecule has 0 spiro atoms. The minimum atomic E-state index is -0.962. The molecule has 2 heterocycles. The molecule has 2 amide bonds. The molecule has 3 rings (SSSR count). The molecule has 0 saturated heterocycles. The van der Waals surface area contributed by atoms with E-state index in [1.54, 1.807) is 18.6 Å². The number of hydrogen-bond donors (Lipinski definition) is 3. The van der Waals surface area contributed by atoms with Crippen LogP contribution in [0.4, 0.5) is 0 Å². The molecule has 1 saturated carbocycles. The number of nitrogens with zero attached hydrogens (tertiary/aromatic N) is 2. The predicted molar refractivity (Wildman–Crippen MR) is 128 cm³/mol. The Labute approximate surface area is 196 Å². The summed E-state index contributed by atoms with van der Waals surface area (Å²) in [6.07, 6.45) is 6.34. The van der Waals surface area contributed by atoms with Gasteiger partial charge in [0.25, 0.3) is 0 Å². The second-order valence-corrected chi connectivity index (χ2v) is 11.0. The van der Waals surface area contributed by atoms with Gasteiger partial charge < -0.3 is 15.7 Å². The molecule has 3 N–H and O–H groups in total. The molecule has 2 aromatic heterocycles. The molecule has 2 aromatic rings. The second kappa shape index (κ2) is 9.59. The summed E-state index contributed by atoms with van der Waals surface area (Å²) in [5.74, 6) is 0.279. The van der Waals surface area contributed by atoms with E-state index in [0.29, 0.717) is 11.6 Å². The van der Waals surface area contributed by atoms with Crippen LogP contribution in [0.1, 0.15) is 77.8 Å². The van der Waals surface area contributed by atoms with Crippen LogP contribution in [-0.4, -0.2) is 33.4 Å². The molecule has 0 aliphatic heterocycles. The van der Waals surface area contributed by atoms with Gasteiger partial charge in [-0.15, -0.1) is 0 Å². The predicted octanol–water partition coefficient (Wildman–Crippen LogP) is 3.95. The van der Waals surface area contributed by atoms with Gasteiger partial charge in [0, 0.05) is 47.1 Å². The molecule has 1 aliphatic carbocycles. The van der Waals surface area contributed by atoms with E-state index >= 15 is 0 Å². The maximum atomic E-state index is 12.7. The molecule has 0 aromatic carbocycles. The highest BCUT2D eigenvalue weighted by Gasteiger charge is 2.36. The molecule has 7 nitrogen and oxygen atoms in total. The quantitative estimate of drug-likeness (QED) is 0.590. The maximum Gasteiger partial charge on any atom is 0.225 e. The Hall–Kier alpha value is -2.80. The third-order valence-corrected chi connectivity index (χ3v) is 5.78. The fraction of sp³-hybridized carbons (Fsp3) is 0.538. The van der Waals surface area contributed by atoms with Crippen molar-refractivity contribution >= 4 is 11.8 Å². The van der Waals surface area contributed by atoms with Gasteiger partial charge in [-0.3, -0.25) is 19.6 Å².